The number of nitrogens with two attached hydrogens (primary N) is 1. The van der Waals surface area contributed by atoms with Gasteiger partial charge in [-0.3, -0.25) is 9.20 Å². The molecule has 29 heavy (non-hydrogen) atoms. The quantitative estimate of drug-likeness (QED) is 0.601. The van der Waals surface area contributed by atoms with Gasteiger partial charge in [0.05, 0.1) is 23.9 Å². The lowest BCUT2D eigenvalue weighted by molar-refractivity contribution is 0.0894. The summed E-state index contributed by atoms with van der Waals surface area (Å²) in [6.45, 7) is 1.88. The number of hydrogen-bond acceptors (Lipinski definition) is 5. The standard InChI is InChI=1S/C20H22F2N4O3/c1-12-18(20(27)25-13(9-23)10-28-2)26-8-4-7-17(19(26)24-12)29-11-14-15(21)5-3-6-16(14)22/h3-8,13H,9-11,23H2,1-2H3,(H,25,27). The summed E-state index contributed by atoms with van der Waals surface area (Å²) in [5.41, 5.74) is 6.63. The number of amides is 1. The zero-order chi connectivity index (χ0) is 21.0. The van der Waals surface area contributed by atoms with Crippen LogP contribution in [-0.4, -0.2) is 41.6 Å². The number of nitrogens with zero attached hydrogens (tertiary/aromatic N) is 2. The summed E-state index contributed by atoms with van der Waals surface area (Å²) >= 11 is 0. The number of benzene rings is 1. The highest BCUT2D eigenvalue weighted by Gasteiger charge is 2.21. The molecule has 0 spiro atoms. The van der Waals surface area contributed by atoms with Gasteiger partial charge in [-0.2, -0.15) is 0 Å². The van der Waals surface area contributed by atoms with Crippen LogP contribution in [0.4, 0.5) is 8.78 Å². The number of pyridine rings is 1. The number of carbonyl (C=O) groups is 1. The van der Waals surface area contributed by atoms with Gasteiger partial charge in [0.1, 0.15) is 23.9 Å². The van der Waals surface area contributed by atoms with Gasteiger partial charge < -0.3 is 20.5 Å². The maximum Gasteiger partial charge on any atom is 0.270 e. The monoisotopic (exact) mass is 404 g/mol. The molecule has 3 rings (SSSR count). The van der Waals surface area contributed by atoms with Crippen molar-refractivity contribution >= 4 is 11.6 Å². The molecule has 0 saturated carbocycles. The molecule has 3 N–H and O–H groups in total. The summed E-state index contributed by atoms with van der Waals surface area (Å²) in [6.07, 6.45) is 1.66. The van der Waals surface area contributed by atoms with Gasteiger partial charge >= 0.3 is 0 Å². The van der Waals surface area contributed by atoms with E-state index in [4.69, 9.17) is 15.2 Å². The predicted molar refractivity (Wildman–Crippen MR) is 103 cm³/mol. The number of nitrogens with one attached hydrogen (secondary N) is 1. The van der Waals surface area contributed by atoms with E-state index in [-0.39, 0.29) is 37.3 Å². The van der Waals surface area contributed by atoms with E-state index in [1.54, 1.807) is 29.7 Å². The minimum absolute atomic E-state index is 0.180. The van der Waals surface area contributed by atoms with Crippen LogP contribution in [0.1, 0.15) is 21.7 Å². The average molecular weight is 404 g/mol. The molecule has 0 fully saturated rings. The summed E-state index contributed by atoms with van der Waals surface area (Å²) in [7, 11) is 1.52. The van der Waals surface area contributed by atoms with Gasteiger partial charge in [0, 0.05) is 19.9 Å². The Morgan fingerprint density at radius 3 is 2.66 bits per heavy atom. The van der Waals surface area contributed by atoms with Gasteiger partial charge in [-0.15, -0.1) is 0 Å². The van der Waals surface area contributed by atoms with E-state index < -0.39 is 11.6 Å². The van der Waals surface area contributed by atoms with Crippen LogP contribution < -0.4 is 15.8 Å². The number of hydrogen-bond donors (Lipinski definition) is 2. The molecular formula is C20H22F2N4O3. The van der Waals surface area contributed by atoms with Crippen LogP contribution in [0, 0.1) is 18.6 Å². The number of imidazole rings is 1. The van der Waals surface area contributed by atoms with Crippen LogP contribution in [0.2, 0.25) is 0 Å². The van der Waals surface area contributed by atoms with Crippen molar-refractivity contribution in [1.82, 2.24) is 14.7 Å². The molecule has 0 saturated heterocycles. The second-order valence-corrected chi connectivity index (χ2v) is 6.46. The maximum atomic E-state index is 13.8. The van der Waals surface area contributed by atoms with E-state index in [1.807, 2.05) is 0 Å². The Morgan fingerprint density at radius 2 is 2.00 bits per heavy atom. The number of ether oxygens (including phenoxy) is 2. The lowest BCUT2D eigenvalue weighted by Gasteiger charge is -2.16. The third kappa shape index (κ3) is 4.36. The second kappa shape index (κ2) is 8.97. The summed E-state index contributed by atoms with van der Waals surface area (Å²) in [5, 5.41) is 2.81. The third-order valence-corrected chi connectivity index (χ3v) is 4.42. The highest BCUT2D eigenvalue weighted by Crippen LogP contribution is 2.24. The molecule has 154 valence electrons. The van der Waals surface area contributed by atoms with Crippen molar-refractivity contribution in [3.05, 3.63) is 65.1 Å². The first kappa shape index (κ1) is 20.7. The molecule has 1 aromatic carbocycles. The summed E-state index contributed by atoms with van der Waals surface area (Å²) < 4.78 is 39.9. The minimum Gasteiger partial charge on any atom is -0.485 e. The van der Waals surface area contributed by atoms with Crippen LogP contribution in [0.25, 0.3) is 5.65 Å². The third-order valence-electron chi connectivity index (χ3n) is 4.42. The molecule has 0 aliphatic heterocycles. The Kier molecular flexibility index (Phi) is 6.40. The van der Waals surface area contributed by atoms with E-state index in [9.17, 15) is 13.6 Å². The van der Waals surface area contributed by atoms with Gasteiger partial charge in [0.25, 0.3) is 5.91 Å². The molecule has 9 heteroatoms. The van der Waals surface area contributed by atoms with Crippen LogP contribution in [-0.2, 0) is 11.3 Å². The zero-order valence-electron chi connectivity index (χ0n) is 16.1. The molecule has 0 aliphatic rings. The first-order chi connectivity index (χ1) is 14.0. The molecule has 0 aliphatic carbocycles. The first-order valence-electron chi connectivity index (χ1n) is 8.99. The number of rotatable bonds is 8. The average Bonchev–Trinajstić information content (AvgIpc) is 3.03. The Bertz CT molecular complexity index is 1000. The molecule has 7 nitrogen and oxygen atoms in total. The first-order valence-corrected chi connectivity index (χ1v) is 8.99. The SMILES string of the molecule is COCC(CN)NC(=O)c1c(C)nc2c(OCc3c(F)cccc3F)cccn12. The van der Waals surface area contributed by atoms with Crippen molar-refractivity contribution in [3.63, 3.8) is 0 Å². The van der Waals surface area contributed by atoms with Gasteiger partial charge in [-0.05, 0) is 31.2 Å². The lowest BCUT2D eigenvalue weighted by Crippen LogP contribution is -2.43. The number of halogens is 2. The Balaban J connectivity index is 1.88. The Labute approximate surface area is 166 Å². The molecule has 0 bridgehead atoms. The molecule has 0 radical (unpaired) electrons. The zero-order valence-corrected chi connectivity index (χ0v) is 16.1. The van der Waals surface area contributed by atoms with Crippen molar-refractivity contribution in [1.29, 1.82) is 0 Å². The molecule has 2 aromatic heterocycles. The minimum atomic E-state index is -0.692. The largest absolute Gasteiger partial charge is 0.485 e. The van der Waals surface area contributed by atoms with Crippen LogP contribution in [0.15, 0.2) is 36.5 Å². The predicted octanol–water partition coefficient (Wildman–Crippen LogP) is 2.20. The topological polar surface area (TPSA) is 90.9 Å². The van der Waals surface area contributed by atoms with E-state index in [1.165, 1.54) is 25.3 Å². The fourth-order valence-corrected chi connectivity index (χ4v) is 2.99. The number of methoxy groups -OCH3 is 1. The smallest absolute Gasteiger partial charge is 0.270 e. The van der Waals surface area contributed by atoms with Crippen LogP contribution in [0.5, 0.6) is 5.75 Å². The van der Waals surface area contributed by atoms with E-state index in [2.05, 4.69) is 10.3 Å². The number of carbonyl (C=O) groups excluding carboxylic acids is 1. The summed E-state index contributed by atoms with van der Waals surface area (Å²) in [6, 6.07) is 6.55. The van der Waals surface area contributed by atoms with Gasteiger partial charge in [0.2, 0.25) is 0 Å². The van der Waals surface area contributed by atoms with Crippen molar-refractivity contribution in [3.8, 4) is 5.75 Å². The van der Waals surface area contributed by atoms with E-state index >= 15 is 0 Å². The van der Waals surface area contributed by atoms with Crippen molar-refractivity contribution < 1.29 is 23.0 Å². The molecule has 1 amide bonds. The second-order valence-electron chi connectivity index (χ2n) is 6.46. The highest BCUT2D eigenvalue weighted by molar-refractivity contribution is 5.95. The Hall–Kier alpha value is -3.04. The van der Waals surface area contributed by atoms with E-state index in [0.29, 0.717) is 22.8 Å². The molecular weight excluding hydrogens is 382 g/mol. The molecule has 1 unspecified atom stereocenters. The fraction of sp³-hybridized carbons (Fsp3) is 0.300. The molecule has 3 aromatic rings. The summed E-state index contributed by atoms with van der Waals surface area (Å²) in [4.78, 5) is 17.1. The van der Waals surface area contributed by atoms with Gasteiger partial charge in [0.15, 0.2) is 11.4 Å². The van der Waals surface area contributed by atoms with E-state index in [0.717, 1.165) is 0 Å². The van der Waals surface area contributed by atoms with Crippen LogP contribution >= 0.6 is 0 Å². The van der Waals surface area contributed by atoms with Crippen LogP contribution in [0.3, 0.4) is 0 Å². The van der Waals surface area contributed by atoms with Crippen molar-refractivity contribution in [2.45, 2.75) is 19.6 Å². The Morgan fingerprint density at radius 1 is 1.28 bits per heavy atom. The lowest BCUT2D eigenvalue weighted by atomic mass is 10.2. The molecule has 2 heterocycles. The van der Waals surface area contributed by atoms with Gasteiger partial charge in [-0.25, -0.2) is 13.8 Å². The number of aryl methyl sites for hydroxylation is 1. The van der Waals surface area contributed by atoms with Crippen molar-refractivity contribution in [2.75, 3.05) is 20.3 Å². The highest BCUT2D eigenvalue weighted by atomic mass is 19.1. The maximum absolute atomic E-state index is 13.8. The van der Waals surface area contributed by atoms with Crippen molar-refractivity contribution in [2.24, 2.45) is 5.73 Å². The van der Waals surface area contributed by atoms with Gasteiger partial charge in [-0.1, -0.05) is 6.07 Å². The summed E-state index contributed by atoms with van der Waals surface area (Å²) in [5.74, 6) is -1.45. The number of aromatic nitrogens is 2. The fourth-order valence-electron chi connectivity index (χ4n) is 2.99. The normalized spacial score (nSPS) is 12.2. The number of fused-ring (bicyclic) bond motifs is 1. The molecule has 1 atom stereocenters.